The molecule has 2 rings (SSSR count). The Balaban J connectivity index is 2.34. The van der Waals surface area contributed by atoms with Crippen LogP contribution in [0.15, 0.2) is 38.3 Å². The normalized spacial score (nSPS) is 10.4. The van der Waals surface area contributed by atoms with E-state index in [2.05, 4.69) is 15.9 Å². The molecule has 6 nitrogen and oxygen atoms in total. The van der Waals surface area contributed by atoms with Crippen LogP contribution in [0.4, 0.5) is 5.82 Å². The minimum Gasteiger partial charge on any atom is -0.359 e. The van der Waals surface area contributed by atoms with Crippen molar-refractivity contribution in [1.82, 2.24) is 9.13 Å². The van der Waals surface area contributed by atoms with Crippen LogP contribution < -0.4 is 16.1 Å². The van der Waals surface area contributed by atoms with Gasteiger partial charge in [0, 0.05) is 32.2 Å². The minimum absolute atomic E-state index is 0.0205. The molecule has 0 unspecified atom stereocenters. The third-order valence-electron chi connectivity index (χ3n) is 3.76. The standard InChI is InChI=1S/C16H17BrN4O2/c1-19(9-8-11-4-6-12(17)7-5-11)14-13(10-18)15(22)21(3)16(23)20(14)2/h4-7H,8-9H2,1-3H3. The molecule has 0 bridgehead atoms. The maximum Gasteiger partial charge on any atom is 0.332 e. The van der Waals surface area contributed by atoms with E-state index < -0.39 is 11.2 Å². The second kappa shape index (κ2) is 6.84. The number of halogens is 1. The molecule has 0 saturated carbocycles. The van der Waals surface area contributed by atoms with Gasteiger partial charge in [-0.2, -0.15) is 5.26 Å². The smallest absolute Gasteiger partial charge is 0.332 e. The lowest BCUT2D eigenvalue weighted by Gasteiger charge is -2.23. The van der Waals surface area contributed by atoms with Crippen LogP contribution in [-0.4, -0.2) is 22.7 Å². The van der Waals surface area contributed by atoms with Crippen LogP contribution >= 0.6 is 15.9 Å². The summed E-state index contributed by atoms with van der Waals surface area (Å²) in [7, 11) is 4.71. The molecule has 0 saturated heterocycles. The molecule has 7 heteroatoms. The maximum atomic E-state index is 12.1. The number of rotatable bonds is 4. The Labute approximate surface area is 142 Å². The molecule has 0 aliphatic carbocycles. The third-order valence-corrected chi connectivity index (χ3v) is 4.28. The quantitative estimate of drug-likeness (QED) is 0.808. The Kier molecular flexibility index (Phi) is 5.06. The van der Waals surface area contributed by atoms with Crippen LogP contribution in [0.3, 0.4) is 0 Å². The first-order valence-electron chi connectivity index (χ1n) is 7.02. The zero-order valence-corrected chi connectivity index (χ0v) is 14.8. The van der Waals surface area contributed by atoms with Crippen molar-refractivity contribution in [2.45, 2.75) is 6.42 Å². The summed E-state index contributed by atoms with van der Waals surface area (Å²) in [6.45, 7) is 0.580. The van der Waals surface area contributed by atoms with Gasteiger partial charge in [0.25, 0.3) is 5.56 Å². The van der Waals surface area contributed by atoms with E-state index in [-0.39, 0.29) is 5.56 Å². The van der Waals surface area contributed by atoms with E-state index in [1.807, 2.05) is 30.3 Å². The summed E-state index contributed by atoms with van der Waals surface area (Å²) in [5.74, 6) is 0.345. The van der Waals surface area contributed by atoms with Gasteiger partial charge in [-0.05, 0) is 24.1 Å². The highest BCUT2D eigenvalue weighted by atomic mass is 79.9. The van der Waals surface area contributed by atoms with Crippen LogP contribution in [0.1, 0.15) is 11.1 Å². The van der Waals surface area contributed by atoms with E-state index >= 15 is 0 Å². The summed E-state index contributed by atoms with van der Waals surface area (Å²) in [5.41, 5.74) is 0.0980. The van der Waals surface area contributed by atoms with Gasteiger partial charge in [0.15, 0.2) is 5.56 Å². The molecule has 1 heterocycles. The van der Waals surface area contributed by atoms with E-state index in [4.69, 9.17) is 0 Å². The molecule has 23 heavy (non-hydrogen) atoms. The number of likely N-dealkylation sites (N-methyl/N-ethyl adjacent to an activating group) is 1. The molecular weight excluding hydrogens is 360 g/mol. The molecule has 1 aromatic carbocycles. The molecule has 0 N–H and O–H groups in total. The first-order valence-corrected chi connectivity index (χ1v) is 7.81. The van der Waals surface area contributed by atoms with E-state index in [0.29, 0.717) is 12.4 Å². The highest BCUT2D eigenvalue weighted by Crippen LogP contribution is 2.15. The highest BCUT2D eigenvalue weighted by Gasteiger charge is 2.18. The molecule has 2 aromatic rings. The van der Waals surface area contributed by atoms with Crippen molar-refractivity contribution in [3.05, 3.63) is 60.7 Å². The molecule has 0 atom stereocenters. The number of hydrogen-bond acceptors (Lipinski definition) is 4. The van der Waals surface area contributed by atoms with Gasteiger partial charge < -0.3 is 4.90 Å². The van der Waals surface area contributed by atoms with E-state index in [1.54, 1.807) is 19.0 Å². The Morgan fingerprint density at radius 1 is 1.17 bits per heavy atom. The van der Waals surface area contributed by atoms with Gasteiger partial charge in [-0.3, -0.25) is 13.9 Å². The fourth-order valence-electron chi connectivity index (χ4n) is 2.43. The summed E-state index contributed by atoms with van der Waals surface area (Å²) < 4.78 is 3.29. The monoisotopic (exact) mass is 376 g/mol. The average molecular weight is 377 g/mol. The minimum atomic E-state index is -0.568. The zero-order valence-electron chi connectivity index (χ0n) is 13.2. The topological polar surface area (TPSA) is 71.0 Å². The lowest BCUT2D eigenvalue weighted by molar-refractivity contribution is 0.666. The van der Waals surface area contributed by atoms with Gasteiger partial charge in [0.1, 0.15) is 11.9 Å². The number of anilines is 1. The highest BCUT2D eigenvalue weighted by molar-refractivity contribution is 9.10. The van der Waals surface area contributed by atoms with Crippen molar-refractivity contribution in [3.63, 3.8) is 0 Å². The van der Waals surface area contributed by atoms with E-state index in [9.17, 15) is 14.9 Å². The number of nitrogens with zero attached hydrogens (tertiary/aromatic N) is 4. The fourth-order valence-corrected chi connectivity index (χ4v) is 2.70. The Hall–Kier alpha value is -2.33. The Bertz CT molecular complexity index is 875. The average Bonchev–Trinajstić information content (AvgIpc) is 2.55. The maximum absolute atomic E-state index is 12.1. The SMILES string of the molecule is CN(CCc1ccc(Br)cc1)c1c(C#N)c(=O)n(C)c(=O)n1C. The zero-order chi connectivity index (χ0) is 17.1. The van der Waals surface area contributed by atoms with Gasteiger partial charge >= 0.3 is 5.69 Å². The first-order chi connectivity index (χ1) is 10.9. The van der Waals surface area contributed by atoms with E-state index in [0.717, 1.165) is 21.0 Å². The lowest BCUT2D eigenvalue weighted by atomic mass is 10.1. The Morgan fingerprint density at radius 3 is 2.35 bits per heavy atom. The molecule has 0 aliphatic rings. The van der Waals surface area contributed by atoms with Crippen LogP contribution in [0, 0.1) is 11.3 Å². The summed E-state index contributed by atoms with van der Waals surface area (Å²) in [4.78, 5) is 26.0. The molecule has 0 spiro atoms. The molecule has 120 valence electrons. The van der Waals surface area contributed by atoms with Crippen LogP contribution in [0.25, 0.3) is 0 Å². The van der Waals surface area contributed by atoms with Gasteiger partial charge in [-0.25, -0.2) is 4.79 Å². The second-order valence-corrected chi connectivity index (χ2v) is 6.23. The van der Waals surface area contributed by atoms with Gasteiger partial charge in [-0.15, -0.1) is 0 Å². The van der Waals surface area contributed by atoms with Crippen molar-refractivity contribution >= 4 is 21.7 Å². The van der Waals surface area contributed by atoms with Crippen molar-refractivity contribution in [3.8, 4) is 6.07 Å². The van der Waals surface area contributed by atoms with E-state index in [1.165, 1.54) is 11.6 Å². The predicted octanol–water partition coefficient (Wildman–Crippen LogP) is 1.40. The molecule has 1 aromatic heterocycles. The lowest BCUT2D eigenvalue weighted by Crippen LogP contribution is -2.42. The third kappa shape index (κ3) is 3.37. The van der Waals surface area contributed by atoms with Crippen molar-refractivity contribution in [1.29, 1.82) is 5.26 Å². The van der Waals surface area contributed by atoms with Gasteiger partial charge in [0.05, 0.1) is 0 Å². The summed E-state index contributed by atoms with van der Waals surface area (Å²) >= 11 is 3.39. The van der Waals surface area contributed by atoms with Crippen LogP contribution in [0.5, 0.6) is 0 Å². The van der Waals surface area contributed by atoms with Crippen molar-refractivity contribution in [2.24, 2.45) is 14.1 Å². The summed E-state index contributed by atoms with van der Waals surface area (Å²) in [5, 5.41) is 9.29. The van der Waals surface area contributed by atoms with Gasteiger partial charge in [0.2, 0.25) is 0 Å². The van der Waals surface area contributed by atoms with Crippen LogP contribution in [-0.2, 0) is 20.5 Å². The van der Waals surface area contributed by atoms with Gasteiger partial charge in [-0.1, -0.05) is 28.1 Å². The second-order valence-electron chi connectivity index (χ2n) is 5.31. The number of nitriles is 1. The van der Waals surface area contributed by atoms with Crippen molar-refractivity contribution in [2.75, 3.05) is 18.5 Å². The number of aromatic nitrogens is 2. The Morgan fingerprint density at radius 2 is 1.78 bits per heavy atom. The molecular formula is C16H17BrN4O2. The van der Waals surface area contributed by atoms with Crippen LogP contribution in [0.2, 0.25) is 0 Å². The fraction of sp³-hybridized carbons (Fsp3) is 0.312. The summed E-state index contributed by atoms with van der Waals surface area (Å²) in [6, 6.07) is 9.86. The number of hydrogen-bond donors (Lipinski definition) is 0. The summed E-state index contributed by atoms with van der Waals surface area (Å²) in [6.07, 6.45) is 0.734. The predicted molar refractivity (Wildman–Crippen MR) is 92.8 cm³/mol. The molecule has 0 aliphatic heterocycles. The largest absolute Gasteiger partial charge is 0.359 e. The van der Waals surface area contributed by atoms with Crippen molar-refractivity contribution < 1.29 is 0 Å². The molecule has 0 radical (unpaired) electrons. The molecule has 0 amide bonds. The molecule has 0 fully saturated rings. The first kappa shape index (κ1) is 17.0. The number of benzene rings is 1.